The zero-order valence-electron chi connectivity index (χ0n) is 10.4. The van der Waals surface area contributed by atoms with Crippen LogP contribution in [0.3, 0.4) is 0 Å². The van der Waals surface area contributed by atoms with Crippen molar-refractivity contribution in [1.82, 2.24) is 4.90 Å². The molecule has 0 aliphatic carbocycles. The van der Waals surface area contributed by atoms with Gasteiger partial charge in [0.15, 0.2) is 5.96 Å². The third-order valence-corrected chi connectivity index (χ3v) is 2.89. The Hall–Kier alpha value is -0.0400. The predicted molar refractivity (Wildman–Crippen MR) is 80.1 cm³/mol. The van der Waals surface area contributed by atoms with Gasteiger partial charge in [0.05, 0.1) is 6.54 Å². The summed E-state index contributed by atoms with van der Waals surface area (Å²) in [5.74, 6) is 0.910. The zero-order valence-corrected chi connectivity index (χ0v) is 12.7. The third-order valence-electron chi connectivity index (χ3n) is 2.89. The van der Waals surface area contributed by atoms with Gasteiger partial charge in [0.2, 0.25) is 0 Å². The molecule has 1 atom stereocenters. The maximum Gasteiger partial charge on any atom is 0.185 e. The van der Waals surface area contributed by atoms with E-state index in [4.69, 9.17) is 11.5 Å². The highest BCUT2D eigenvalue weighted by Gasteiger charge is 2.22. The number of hydrogen-bond donors (Lipinski definition) is 2. The van der Waals surface area contributed by atoms with Gasteiger partial charge in [-0.05, 0) is 38.3 Å². The summed E-state index contributed by atoms with van der Waals surface area (Å²) in [6.07, 6.45) is 3.81. The van der Waals surface area contributed by atoms with E-state index >= 15 is 0 Å². The van der Waals surface area contributed by atoms with Crippen LogP contribution in [0.15, 0.2) is 4.99 Å². The molecule has 1 saturated heterocycles. The van der Waals surface area contributed by atoms with Gasteiger partial charge in [-0.3, -0.25) is 9.89 Å². The summed E-state index contributed by atoms with van der Waals surface area (Å²) < 4.78 is 0. The van der Waals surface area contributed by atoms with Crippen LogP contribution in [0.2, 0.25) is 0 Å². The molecule has 4 N–H and O–H groups in total. The maximum atomic E-state index is 5.38. The van der Waals surface area contributed by atoms with Gasteiger partial charge in [-0.2, -0.15) is 0 Å². The molecule has 1 unspecified atom stereocenters. The van der Waals surface area contributed by atoms with Crippen molar-refractivity contribution in [2.75, 3.05) is 19.6 Å². The first-order valence-electron chi connectivity index (χ1n) is 5.89. The number of nitrogens with two attached hydrogens (primary N) is 2. The summed E-state index contributed by atoms with van der Waals surface area (Å²) in [5.41, 5.74) is 10.8. The molecule has 0 bridgehead atoms. The molecule has 1 fully saturated rings. The molecule has 0 radical (unpaired) electrons. The molecular weight excluding hydrogens is 315 g/mol. The first kappa shape index (κ1) is 16.0. The van der Waals surface area contributed by atoms with Crippen LogP contribution in [0.4, 0.5) is 0 Å². The molecular formula is C11H25IN4. The summed E-state index contributed by atoms with van der Waals surface area (Å²) >= 11 is 0. The lowest BCUT2D eigenvalue weighted by atomic mass is 10.0. The Morgan fingerprint density at radius 3 is 2.25 bits per heavy atom. The second kappa shape index (κ2) is 8.11. The lowest BCUT2D eigenvalue weighted by Crippen LogP contribution is -2.37. The predicted octanol–water partition coefficient (Wildman–Crippen LogP) is 1.39. The van der Waals surface area contributed by atoms with Crippen molar-refractivity contribution in [2.45, 2.75) is 39.2 Å². The summed E-state index contributed by atoms with van der Waals surface area (Å²) in [4.78, 5) is 6.67. The Kier molecular flexibility index (Phi) is 8.09. The first-order valence-corrected chi connectivity index (χ1v) is 5.89. The van der Waals surface area contributed by atoms with Crippen molar-refractivity contribution in [3.63, 3.8) is 0 Å². The third kappa shape index (κ3) is 5.89. The highest BCUT2D eigenvalue weighted by molar-refractivity contribution is 14.0. The molecule has 5 heteroatoms. The first-order chi connectivity index (χ1) is 7.09. The topological polar surface area (TPSA) is 67.6 Å². The van der Waals surface area contributed by atoms with Crippen molar-refractivity contribution in [2.24, 2.45) is 22.4 Å². The van der Waals surface area contributed by atoms with Crippen LogP contribution < -0.4 is 11.5 Å². The monoisotopic (exact) mass is 340 g/mol. The van der Waals surface area contributed by atoms with Gasteiger partial charge in [-0.25, -0.2) is 0 Å². The molecule has 1 aliphatic heterocycles. The van der Waals surface area contributed by atoms with E-state index in [0.29, 0.717) is 12.0 Å². The number of rotatable bonds is 5. The molecule has 1 rings (SSSR count). The molecule has 0 spiro atoms. The molecule has 0 aromatic rings. The van der Waals surface area contributed by atoms with E-state index in [-0.39, 0.29) is 29.9 Å². The van der Waals surface area contributed by atoms with E-state index in [1.807, 2.05) is 0 Å². The number of halogens is 1. The minimum absolute atomic E-state index is 0. The fourth-order valence-corrected chi connectivity index (χ4v) is 2.20. The van der Waals surface area contributed by atoms with Crippen LogP contribution >= 0.6 is 24.0 Å². The van der Waals surface area contributed by atoms with E-state index in [2.05, 4.69) is 23.7 Å². The maximum absolute atomic E-state index is 5.38. The second-order valence-corrected chi connectivity index (χ2v) is 4.79. The van der Waals surface area contributed by atoms with Crippen molar-refractivity contribution >= 4 is 29.9 Å². The standard InChI is InChI=1S/C11H24N4.HI/c1-9(2)7-10(8-14-11(12)13)15-5-3-4-6-15;/h9-10H,3-8H2,1-2H3,(H4,12,13,14);1H. The van der Waals surface area contributed by atoms with E-state index in [0.717, 1.165) is 6.54 Å². The van der Waals surface area contributed by atoms with Gasteiger partial charge in [0.1, 0.15) is 0 Å². The van der Waals surface area contributed by atoms with Crippen molar-refractivity contribution in [3.8, 4) is 0 Å². The number of likely N-dealkylation sites (tertiary alicyclic amines) is 1. The van der Waals surface area contributed by atoms with Gasteiger partial charge in [-0.1, -0.05) is 13.8 Å². The van der Waals surface area contributed by atoms with E-state index in [1.165, 1.54) is 32.4 Å². The number of guanidine groups is 1. The average Bonchev–Trinajstić information content (AvgIpc) is 2.63. The summed E-state index contributed by atoms with van der Waals surface area (Å²) in [7, 11) is 0. The lowest BCUT2D eigenvalue weighted by Gasteiger charge is -2.27. The fourth-order valence-electron chi connectivity index (χ4n) is 2.20. The Bertz CT molecular complexity index is 208. The minimum atomic E-state index is 0. The minimum Gasteiger partial charge on any atom is -0.370 e. The number of nitrogens with zero attached hydrogens (tertiary/aromatic N) is 2. The largest absolute Gasteiger partial charge is 0.370 e. The summed E-state index contributed by atoms with van der Waals surface area (Å²) in [6, 6.07) is 0.523. The molecule has 16 heavy (non-hydrogen) atoms. The molecule has 0 aromatic heterocycles. The highest BCUT2D eigenvalue weighted by Crippen LogP contribution is 2.17. The Labute approximate surface area is 116 Å². The normalized spacial score (nSPS) is 18.2. The molecule has 1 heterocycles. The Morgan fingerprint density at radius 2 is 1.81 bits per heavy atom. The molecule has 0 amide bonds. The molecule has 4 nitrogen and oxygen atoms in total. The Morgan fingerprint density at radius 1 is 1.25 bits per heavy atom. The van der Waals surface area contributed by atoms with Crippen molar-refractivity contribution < 1.29 is 0 Å². The fraction of sp³-hybridized carbons (Fsp3) is 0.909. The smallest absolute Gasteiger partial charge is 0.185 e. The quantitative estimate of drug-likeness (QED) is 0.452. The summed E-state index contributed by atoms with van der Waals surface area (Å²) in [5, 5.41) is 0. The Balaban J connectivity index is 0.00000225. The van der Waals surface area contributed by atoms with Crippen molar-refractivity contribution in [3.05, 3.63) is 0 Å². The van der Waals surface area contributed by atoms with Gasteiger partial charge >= 0.3 is 0 Å². The number of hydrogen-bond acceptors (Lipinski definition) is 2. The lowest BCUT2D eigenvalue weighted by molar-refractivity contribution is 0.218. The van der Waals surface area contributed by atoms with E-state index in [9.17, 15) is 0 Å². The van der Waals surface area contributed by atoms with Crippen LogP contribution in [-0.4, -0.2) is 36.5 Å². The average molecular weight is 340 g/mol. The molecule has 1 aliphatic rings. The number of aliphatic imine (C=N–C) groups is 1. The van der Waals surface area contributed by atoms with Crippen LogP contribution in [0.25, 0.3) is 0 Å². The zero-order chi connectivity index (χ0) is 11.3. The van der Waals surface area contributed by atoms with Gasteiger partial charge in [0.25, 0.3) is 0 Å². The highest BCUT2D eigenvalue weighted by atomic mass is 127. The van der Waals surface area contributed by atoms with Gasteiger partial charge < -0.3 is 11.5 Å². The molecule has 96 valence electrons. The van der Waals surface area contributed by atoms with Crippen molar-refractivity contribution in [1.29, 1.82) is 0 Å². The second-order valence-electron chi connectivity index (χ2n) is 4.79. The van der Waals surface area contributed by atoms with E-state index in [1.54, 1.807) is 0 Å². The SMILES string of the molecule is CC(C)CC(CN=C(N)N)N1CCCC1.I. The summed E-state index contributed by atoms with van der Waals surface area (Å²) in [6.45, 7) is 7.66. The molecule has 0 aromatic carbocycles. The van der Waals surface area contributed by atoms with Crippen LogP contribution in [0.5, 0.6) is 0 Å². The van der Waals surface area contributed by atoms with Crippen LogP contribution in [-0.2, 0) is 0 Å². The van der Waals surface area contributed by atoms with Gasteiger partial charge in [-0.15, -0.1) is 24.0 Å². The van der Waals surface area contributed by atoms with E-state index < -0.39 is 0 Å². The van der Waals surface area contributed by atoms with Crippen LogP contribution in [0, 0.1) is 5.92 Å². The van der Waals surface area contributed by atoms with Crippen LogP contribution in [0.1, 0.15) is 33.1 Å². The van der Waals surface area contributed by atoms with Gasteiger partial charge in [0, 0.05) is 6.04 Å². The molecule has 0 saturated carbocycles.